The summed E-state index contributed by atoms with van der Waals surface area (Å²) in [7, 11) is 1.72. The predicted molar refractivity (Wildman–Crippen MR) is 83.9 cm³/mol. The van der Waals surface area contributed by atoms with Crippen LogP contribution in [0.2, 0.25) is 0 Å². The average molecular weight is 307 g/mol. The maximum absolute atomic E-state index is 11.4. The van der Waals surface area contributed by atoms with E-state index < -0.39 is 0 Å². The van der Waals surface area contributed by atoms with Crippen molar-refractivity contribution in [2.45, 2.75) is 6.92 Å². The van der Waals surface area contributed by atoms with Gasteiger partial charge in [0.15, 0.2) is 5.17 Å². The molecular weight excluding hydrogens is 290 g/mol. The van der Waals surface area contributed by atoms with E-state index in [4.69, 9.17) is 4.74 Å². The fourth-order valence-corrected chi connectivity index (χ4v) is 2.60. The molecule has 0 aliphatic carbocycles. The highest BCUT2D eigenvalue weighted by Gasteiger charge is 2.24. The number of aliphatic imine (C=N–C) groups is 1. The Balaban J connectivity index is 1.95. The van der Waals surface area contributed by atoms with Gasteiger partial charge in [0, 0.05) is 12.7 Å². The van der Waals surface area contributed by atoms with Gasteiger partial charge in [0.1, 0.15) is 6.54 Å². The van der Waals surface area contributed by atoms with Gasteiger partial charge in [-0.05, 0) is 31.2 Å². The van der Waals surface area contributed by atoms with Crippen molar-refractivity contribution in [2.75, 3.05) is 31.3 Å². The summed E-state index contributed by atoms with van der Waals surface area (Å²) in [6, 6.07) is 7.33. The number of nitrogens with one attached hydrogen (secondary N) is 1. The third-order valence-electron chi connectivity index (χ3n) is 2.82. The minimum absolute atomic E-state index is 0.0615. The van der Waals surface area contributed by atoms with Crippen LogP contribution in [0.5, 0.6) is 0 Å². The first-order valence-electron chi connectivity index (χ1n) is 6.57. The number of hydrogen-bond donors (Lipinski definition) is 1. The van der Waals surface area contributed by atoms with E-state index in [0.717, 1.165) is 11.4 Å². The molecule has 1 heterocycles. The molecule has 0 atom stereocenters. The van der Waals surface area contributed by atoms with Crippen LogP contribution in [-0.2, 0) is 14.3 Å². The van der Waals surface area contributed by atoms with Crippen molar-refractivity contribution in [1.29, 1.82) is 0 Å². The topological polar surface area (TPSA) is 71.0 Å². The summed E-state index contributed by atoms with van der Waals surface area (Å²) in [4.78, 5) is 28.6. The summed E-state index contributed by atoms with van der Waals surface area (Å²) < 4.78 is 4.83. The molecule has 21 heavy (non-hydrogen) atoms. The van der Waals surface area contributed by atoms with Gasteiger partial charge in [-0.2, -0.15) is 0 Å². The van der Waals surface area contributed by atoms with Crippen molar-refractivity contribution in [3.05, 3.63) is 24.3 Å². The molecule has 7 heteroatoms. The van der Waals surface area contributed by atoms with Crippen LogP contribution in [0.3, 0.4) is 0 Å². The van der Waals surface area contributed by atoms with Crippen LogP contribution in [-0.4, -0.2) is 47.9 Å². The Labute approximate surface area is 127 Å². The molecule has 1 N–H and O–H groups in total. The molecule has 0 bridgehead atoms. The van der Waals surface area contributed by atoms with E-state index in [1.165, 1.54) is 11.8 Å². The molecule has 1 aliphatic heterocycles. The zero-order valence-electron chi connectivity index (χ0n) is 12.0. The molecule has 112 valence electrons. The number of carbonyl (C=O) groups is 2. The number of hydrogen-bond acceptors (Lipinski definition) is 6. The van der Waals surface area contributed by atoms with Gasteiger partial charge < -0.3 is 10.1 Å². The molecule has 0 aromatic heterocycles. The highest BCUT2D eigenvalue weighted by molar-refractivity contribution is 8.15. The second-order valence-electron chi connectivity index (χ2n) is 4.34. The monoisotopic (exact) mass is 307 g/mol. The van der Waals surface area contributed by atoms with Gasteiger partial charge in [-0.25, -0.2) is 4.99 Å². The van der Waals surface area contributed by atoms with Gasteiger partial charge in [-0.3, -0.25) is 14.5 Å². The van der Waals surface area contributed by atoms with Crippen molar-refractivity contribution in [3.63, 3.8) is 0 Å². The van der Waals surface area contributed by atoms with Gasteiger partial charge in [0.25, 0.3) is 0 Å². The second kappa shape index (κ2) is 7.12. The van der Waals surface area contributed by atoms with Crippen molar-refractivity contribution in [1.82, 2.24) is 4.90 Å². The molecule has 1 amide bonds. The Hall–Kier alpha value is -2.02. The van der Waals surface area contributed by atoms with Crippen molar-refractivity contribution in [3.8, 4) is 0 Å². The van der Waals surface area contributed by atoms with Crippen LogP contribution in [0, 0.1) is 0 Å². The van der Waals surface area contributed by atoms with E-state index in [1.807, 2.05) is 24.3 Å². The molecule has 1 aliphatic rings. The lowest BCUT2D eigenvalue weighted by molar-refractivity contribution is -0.140. The molecule has 0 radical (unpaired) electrons. The van der Waals surface area contributed by atoms with Crippen LogP contribution in [0.4, 0.5) is 11.4 Å². The van der Waals surface area contributed by atoms with Crippen molar-refractivity contribution in [2.24, 2.45) is 4.99 Å². The number of thioether (sulfide) groups is 1. The van der Waals surface area contributed by atoms with E-state index in [2.05, 4.69) is 10.3 Å². The Kier molecular flexibility index (Phi) is 5.21. The van der Waals surface area contributed by atoms with Crippen LogP contribution in [0.15, 0.2) is 29.3 Å². The van der Waals surface area contributed by atoms with E-state index in [9.17, 15) is 9.59 Å². The number of carbonyl (C=O) groups excluding carboxylic acids is 2. The number of ether oxygens (including phenoxy) is 1. The summed E-state index contributed by atoms with van der Waals surface area (Å²) in [5.74, 6) is 0.213. The quantitative estimate of drug-likeness (QED) is 0.841. The maximum atomic E-state index is 11.4. The number of nitrogens with zero attached hydrogens (tertiary/aromatic N) is 2. The predicted octanol–water partition coefficient (Wildman–Crippen LogP) is 1.85. The van der Waals surface area contributed by atoms with Crippen LogP contribution < -0.4 is 5.32 Å². The summed E-state index contributed by atoms with van der Waals surface area (Å²) in [6.07, 6.45) is 0. The molecule has 6 nitrogen and oxygen atoms in total. The normalized spacial score (nSPS) is 16.4. The number of amides is 1. The number of benzene rings is 1. The van der Waals surface area contributed by atoms with Gasteiger partial charge in [0.2, 0.25) is 5.91 Å². The Bertz CT molecular complexity index is 557. The Morgan fingerprint density at radius 3 is 2.71 bits per heavy atom. The molecule has 1 fully saturated rings. The van der Waals surface area contributed by atoms with E-state index in [0.29, 0.717) is 17.5 Å². The third-order valence-corrected chi connectivity index (χ3v) is 3.83. The lowest BCUT2D eigenvalue weighted by Crippen LogP contribution is -2.24. The Morgan fingerprint density at radius 2 is 2.14 bits per heavy atom. The average Bonchev–Trinajstić information content (AvgIpc) is 2.79. The molecule has 2 rings (SSSR count). The highest BCUT2D eigenvalue weighted by Crippen LogP contribution is 2.23. The first kappa shape index (κ1) is 15.4. The maximum Gasteiger partial charge on any atom is 0.325 e. The number of amidine groups is 1. The molecule has 0 spiro atoms. The van der Waals surface area contributed by atoms with Gasteiger partial charge >= 0.3 is 5.97 Å². The molecular formula is C14H17N3O3S. The van der Waals surface area contributed by atoms with Crippen LogP contribution in [0.25, 0.3) is 0 Å². The molecule has 1 saturated heterocycles. The van der Waals surface area contributed by atoms with Crippen molar-refractivity contribution < 1.29 is 14.3 Å². The standard InChI is InChI=1S/C14H17N3O3S/c1-3-20-13(19)8-15-10-4-6-11(7-5-10)16-14-17(2)12(18)9-21-14/h4-7,15H,3,8-9H2,1-2H3/b16-14-. The minimum atomic E-state index is -0.288. The summed E-state index contributed by atoms with van der Waals surface area (Å²) in [5, 5.41) is 3.67. The summed E-state index contributed by atoms with van der Waals surface area (Å²) in [5.41, 5.74) is 1.58. The fourth-order valence-electron chi connectivity index (χ4n) is 1.68. The fraction of sp³-hybridized carbons (Fsp3) is 0.357. The van der Waals surface area contributed by atoms with E-state index in [1.54, 1.807) is 18.9 Å². The van der Waals surface area contributed by atoms with Crippen molar-refractivity contribution >= 4 is 40.2 Å². The SMILES string of the molecule is CCOC(=O)CNc1ccc(/N=C2\SCC(=O)N2C)cc1. The van der Waals surface area contributed by atoms with Crippen LogP contribution in [0.1, 0.15) is 6.92 Å². The van der Waals surface area contributed by atoms with Gasteiger partial charge in [-0.15, -0.1) is 0 Å². The van der Waals surface area contributed by atoms with Crippen LogP contribution >= 0.6 is 11.8 Å². The summed E-state index contributed by atoms with van der Waals surface area (Å²) in [6.45, 7) is 2.28. The highest BCUT2D eigenvalue weighted by atomic mass is 32.2. The van der Waals surface area contributed by atoms with E-state index >= 15 is 0 Å². The first-order chi connectivity index (χ1) is 10.1. The second-order valence-corrected chi connectivity index (χ2v) is 5.28. The third kappa shape index (κ3) is 4.22. The Morgan fingerprint density at radius 1 is 1.43 bits per heavy atom. The smallest absolute Gasteiger partial charge is 0.325 e. The van der Waals surface area contributed by atoms with Gasteiger partial charge in [0.05, 0.1) is 18.0 Å². The summed E-state index contributed by atoms with van der Waals surface area (Å²) >= 11 is 1.43. The molecule has 1 aromatic rings. The zero-order valence-corrected chi connectivity index (χ0v) is 12.8. The lowest BCUT2D eigenvalue weighted by atomic mass is 10.3. The minimum Gasteiger partial charge on any atom is -0.465 e. The molecule has 0 unspecified atom stereocenters. The lowest BCUT2D eigenvalue weighted by Gasteiger charge is -2.08. The number of esters is 1. The van der Waals surface area contributed by atoms with Gasteiger partial charge in [-0.1, -0.05) is 11.8 Å². The molecule has 1 aromatic carbocycles. The number of rotatable bonds is 5. The number of anilines is 1. The van der Waals surface area contributed by atoms with E-state index in [-0.39, 0.29) is 18.4 Å². The molecule has 0 saturated carbocycles. The largest absolute Gasteiger partial charge is 0.465 e. The zero-order chi connectivity index (χ0) is 15.2. The first-order valence-corrected chi connectivity index (χ1v) is 7.56.